The molecule has 1 aliphatic carbocycles. The summed E-state index contributed by atoms with van der Waals surface area (Å²) in [5.74, 6) is 0.830. The number of carbonyl (C=O) groups is 1. The summed E-state index contributed by atoms with van der Waals surface area (Å²) in [5, 5.41) is 5.80. The van der Waals surface area contributed by atoms with Crippen molar-refractivity contribution >= 4 is 28.1 Å². The Morgan fingerprint density at radius 2 is 1.88 bits per heavy atom. The largest absolute Gasteiger partial charge is 0.497 e. The Kier molecular flexibility index (Phi) is 5.91. The second-order valence-electron chi connectivity index (χ2n) is 6.45. The summed E-state index contributed by atoms with van der Waals surface area (Å²) in [6, 6.07) is 7.98. The van der Waals surface area contributed by atoms with E-state index in [1.165, 1.54) is 37.0 Å². The van der Waals surface area contributed by atoms with Crippen LogP contribution < -0.4 is 10.1 Å². The maximum absolute atomic E-state index is 12.7. The van der Waals surface area contributed by atoms with Crippen molar-refractivity contribution in [1.29, 1.82) is 0 Å². The number of hydrogen-bond donors (Lipinski definition) is 1. The molecule has 0 aliphatic heterocycles. The molecule has 2 aromatic rings. The second kappa shape index (κ2) is 8.34. The number of carbonyl (C=O) groups excluding carboxylic acids is 1. The molecule has 1 aromatic carbocycles. The van der Waals surface area contributed by atoms with Crippen molar-refractivity contribution in [3.05, 3.63) is 35.3 Å². The molecule has 134 valence electrons. The second-order valence-corrected chi connectivity index (χ2v) is 7.31. The van der Waals surface area contributed by atoms with E-state index < -0.39 is 0 Å². The van der Waals surface area contributed by atoms with Gasteiger partial charge in [-0.3, -0.25) is 4.79 Å². The van der Waals surface area contributed by atoms with Gasteiger partial charge in [0.05, 0.1) is 7.11 Å². The van der Waals surface area contributed by atoms with E-state index in [1.807, 2.05) is 41.6 Å². The van der Waals surface area contributed by atoms with Gasteiger partial charge in [-0.1, -0.05) is 25.7 Å². The highest BCUT2D eigenvalue weighted by Gasteiger charge is 2.23. The van der Waals surface area contributed by atoms with Gasteiger partial charge >= 0.3 is 0 Å². The van der Waals surface area contributed by atoms with E-state index in [0.29, 0.717) is 11.7 Å². The van der Waals surface area contributed by atoms with Gasteiger partial charge in [-0.05, 0) is 37.1 Å². The minimum atomic E-state index is 0.0194. The number of ether oxygens (including phenoxy) is 1. The van der Waals surface area contributed by atoms with E-state index in [2.05, 4.69) is 10.3 Å². The lowest BCUT2D eigenvalue weighted by molar-refractivity contribution is 0.0712. The topological polar surface area (TPSA) is 54.5 Å². The van der Waals surface area contributed by atoms with Crippen molar-refractivity contribution in [1.82, 2.24) is 9.88 Å². The first-order valence-corrected chi connectivity index (χ1v) is 9.69. The molecule has 1 fully saturated rings. The van der Waals surface area contributed by atoms with E-state index in [-0.39, 0.29) is 5.91 Å². The molecule has 1 heterocycles. The number of anilines is 2. The lowest BCUT2D eigenvalue weighted by Gasteiger charge is -2.26. The van der Waals surface area contributed by atoms with Gasteiger partial charge in [0.15, 0.2) is 5.13 Å². The number of amides is 1. The van der Waals surface area contributed by atoms with Gasteiger partial charge in [0.1, 0.15) is 11.4 Å². The van der Waals surface area contributed by atoms with Crippen molar-refractivity contribution in [3.63, 3.8) is 0 Å². The Morgan fingerprint density at radius 3 is 2.52 bits per heavy atom. The van der Waals surface area contributed by atoms with Crippen molar-refractivity contribution in [2.45, 2.75) is 44.6 Å². The van der Waals surface area contributed by atoms with E-state index >= 15 is 0 Å². The number of thiazole rings is 1. The number of rotatable bonds is 5. The average molecular weight is 359 g/mol. The zero-order chi connectivity index (χ0) is 17.6. The molecule has 0 bridgehead atoms. The van der Waals surface area contributed by atoms with Gasteiger partial charge in [-0.15, -0.1) is 11.3 Å². The third-order valence-corrected chi connectivity index (χ3v) is 5.52. The van der Waals surface area contributed by atoms with Gasteiger partial charge in [-0.25, -0.2) is 4.98 Å². The quantitative estimate of drug-likeness (QED) is 0.787. The Labute approximate surface area is 153 Å². The van der Waals surface area contributed by atoms with Crippen LogP contribution in [0, 0.1) is 0 Å². The molecule has 1 aliphatic rings. The Balaban J connectivity index is 1.64. The first kappa shape index (κ1) is 17.7. The molecule has 1 amide bonds. The minimum Gasteiger partial charge on any atom is -0.497 e. The lowest BCUT2D eigenvalue weighted by Crippen LogP contribution is -2.36. The van der Waals surface area contributed by atoms with Gasteiger partial charge in [0.2, 0.25) is 0 Å². The zero-order valence-electron chi connectivity index (χ0n) is 14.8. The van der Waals surface area contributed by atoms with Crippen LogP contribution in [0.25, 0.3) is 0 Å². The van der Waals surface area contributed by atoms with E-state index in [1.54, 1.807) is 7.11 Å². The van der Waals surface area contributed by atoms with Crippen molar-refractivity contribution in [3.8, 4) is 5.75 Å². The highest BCUT2D eigenvalue weighted by molar-refractivity contribution is 7.14. The molecule has 1 N–H and O–H groups in total. The normalized spacial score (nSPS) is 15.4. The van der Waals surface area contributed by atoms with Crippen LogP contribution in [0.2, 0.25) is 0 Å². The molecule has 1 aromatic heterocycles. The summed E-state index contributed by atoms with van der Waals surface area (Å²) < 4.78 is 5.16. The molecule has 5 nitrogen and oxygen atoms in total. The first-order chi connectivity index (χ1) is 12.2. The number of nitrogens with zero attached hydrogens (tertiary/aromatic N) is 2. The van der Waals surface area contributed by atoms with Crippen LogP contribution in [0.3, 0.4) is 0 Å². The molecule has 1 saturated carbocycles. The van der Waals surface area contributed by atoms with Crippen LogP contribution in [0.5, 0.6) is 5.75 Å². The van der Waals surface area contributed by atoms with Gasteiger partial charge in [0, 0.05) is 24.2 Å². The Bertz CT molecular complexity index is 691. The van der Waals surface area contributed by atoms with E-state index in [4.69, 9.17) is 4.74 Å². The van der Waals surface area contributed by atoms with Crippen LogP contribution in [0.1, 0.15) is 49.0 Å². The summed E-state index contributed by atoms with van der Waals surface area (Å²) in [7, 11) is 3.56. The standard InChI is InChI=1S/C19H25N3O2S/c1-22(15-7-5-3-4-6-8-15)18(23)17-13-25-19(21-17)20-14-9-11-16(24-2)12-10-14/h9-13,15H,3-8H2,1-2H3,(H,20,21). The molecular weight excluding hydrogens is 334 g/mol. The van der Waals surface area contributed by atoms with Crippen LogP contribution >= 0.6 is 11.3 Å². The number of aromatic nitrogens is 1. The fraction of sp³-hybridized carbons (Fsp3) is 0.474. The van der Waals surface area contributed by atoms with E-state index in [0.717, 1.165) is 29.4 Å². The van der Waals surface area contributed by atoms with Crippen LogP contribution in [0.15, 0.2) is 29.6 Å². The summed E-state index contributed by atoms with van der Waals surface area (Å²) in [6.07, 6.45) is 7.19. The van der Waals surface area contributed by atoms with Crippen molar-refractivity contribution in [2.24, 2.45) is 0 Å². The molecular formula is C19H25N3O2S. The summed E-state index contributed by atoms with van der Waals surface area (Å²) in [4.78, 5) is 19.1. The Hall–Kier alpha value is -2.08. The number of hydrogen-bond acceptors (Lipinski definition) is 5. The van der Waals surface area contributed by atoms with Crippen molar-refractivity contribution < 1.29 is 9.53 Å². The number of nitrogens with one attached hydrogen (secondary N) is 1. The molecule has 3 rings (SSSR count). The SMILES string of the molecule is COc1ccc(Nc2nc(C(=O)N(C)C3CCCCCC3)cs2)cc1. The van der Waals surface area contributed by atoms with Crippen molar-refractivity contribution in [2.75, 3.05) is 19.5 Å². The maximum atomic E-state index is 12.7. The van der Waals surface area contributed by atoms with Crippen LogP contribution in [-0.4, -0.2) is 36.0 Å². The maximum Gasteiger partial charge on any atom is 0.273 e. The molecule has 0 spiro atoms. The highest BCUT2D eigenvalue weighted by Crippen LogP contribution is 2.25. The third-order valence-electron chi connectivity index (χ3n) is 4.76. The average Bonchev–Trinajstić information content (AvgIpc) is 2.93. The number of benzene rings is 1. The predicted molar refractivity (Wildman–Crippen MR) is 102 cm³/mol. The summed E-state index contributed by atoms with van der Waals surface area (Å²) in [5.41, 5.74) is 1.44. The fourth-order valence-electron chi connectivity index (χ4n) is 3.22. The minimum absolute atomic E-state index is 0.0194. The smallest absolute Gasteiger partial charge is 0.273 e. The molecule has 0 radical (unpaired) electrons. The summed E-state index contributed by atoms with van der Waals surface area (Å²) >= 11 is 1.45. The molecule has 6 heteroatoms. The third kappa shape index (κ3) is 4.51. The number of methoxy groups -OCH3 is 1. The predicted octanol–water partition coefficient (Wildman–Crippen LogP) is 4.69. The zero-order valence-corrected chi connectivity index (χ0v) is 15.6. The first-order valence-electron chi connectivity index (χ1n) is 8.81. The summed E-state index contributed by atoms with van der Waals surface area (Å²) in [6.45, 7) is 0. The Morgan fingerprint density at radius 1 is 1.20 bits per heavy atom. The van der Waals surface area contributed by atoms with E-state index in [9.17, 15) is 4.79 Å². The van der Waals surface area contributed by atoms with Gasteiger partial charge < -0.3 is 15.0 Å². The molecule has 0 atom stereocenters. The van der Waals surface area contributed by atoms with Gasteiger partial charge in [-0.2, -0.15) is 0 Å². The highest BCUT2D eigenvalue weighted by atomic mass is 32.1. The molecule has 0 saturated heterocycles. The van der Waals surface area contributed by atoms with Crippen LogP contribution in [-0.2, 0) is 0 Å². The lowest BCUT2D eigenvalue weighted by atomic mass is 10.1. The monoisotopic (exact) mass is 359 g/mol. The molecule has 25 heavy (non-hydrogen) atoms. The fourth-order valence-corrected chi connectivity index (χ4v) is 3.92. The molecule has 0 unspecified atom stereocenters. The van der Waals surface area contributed by atoms with Gasteiger partial charge in [0.25, 0.3) is 5.91 Å². The van der Waals surface area contributed by atoms with Crippen LogP contribution in [0.4, 0.5) is 10.8 Å².